The second-order valence-corrected chi connectivity index (χ2v) is 4.63. The summed E-state index contributed by atoms with van der Waals surface area (Å²) < 4.78 is 14.6. The van der Waals surface area contributed by atoms with Gasteiger partial charge in [-0.15, -0.1) is 0 Å². The number of benzene rings is 1. The lowest BCUT2D eigenvalue weighted by molar-refractivity contribution is -0.387. The molecule has 104 valence electrons. The number of rotatable bonds is 3. The smallest absolute Gasteiger partial charge is 0.306 e. The van der Waals surface area contributed by atoms with Crippen LogP contribution in [0.2, 0.25) is 0 Å². The van der Waals surface area contributed by atoms with Crippen LogP contribution < -0.4 is 10.9 Å². The summed E-state index contributed by atoms with van der Waals surface area (Å²) in [4.78, 5) is 25.2. The van der Waals surface area contributed by atoms with Crippen molar-refractivity contribution in [3.63, 3.8) is 0 Å². The SMILES string of the molecule is Cn1cc(Nc2ccc(F)c([N+](=O)[O-])c2)nc(Br)c1=O. The predicted molar refractivity (Wildman–Crippen MR) is 73.5 cm³/mol. The number of anilines is 2. The molecule has 1 N–H and O–H groups in total. The molecule has 0 saturated heterocycles. The monoisotopic (exact) mass is 342 g/mol. The molecule has 1 aromatic carbocycles. The molecule has 20 heavy (non-hydrogen) atoms. The lowest BCUT2D eigenvalue weighted by atomic mass is 10.2. The Morgan fingerprint density at radius 3 is 2.80 bits per heavy atom. The van der Waals surface area contributed by atoms with Gasteiger partial charge in [0, 0.05) is 25.0 Å². The molecule has 2 aromatic rings. The van der Waals surface area contributed by atoms with Crippen LogP contribution in [0.1, 0.15) is 0 Å². The summed E-state index contributed by atoms with van der Waals surface area (Å²) in [7, 11) is 1.53. The van der Waals surface area contributed by atoms with Crippen molar-refractivity contribution in [2.45, 2.75) is 0 Å². The summed E-state index contributed by atoms with van der Waals surface area (Å²) in [5.74, 6) is -0.630. The van der Waals surface area contributed by atoms with E-state index in [1.54, 1.807) is 0 Å². The van der Waals surface area contributed by atoms with Crippen molar-refractivity contribution in [1.82, 2.24) is 9.55 Å². The van der Waals surface area contributed by atoms with Crippen molar-refractivity contribution < 1.29 is 9.31 Å². The molecule has 1 heterocycles. The highest BCUT2D eigenvalue weighted by Crippen LogP contribution is 2.23. The van der Waals surface area contributed by atoms with Crippen LogP contribution in [0.3, 0.4) is 0 Å². The number of aryl methyl sites for hydroxylation is 1. The molecule has 0 radical (unpaired) electrons. The number of halogens is 2. The van der Waals surface area contributed by atoms with Gasteiger partial charge in [-0.2, -0.15) is 4.39 Å². The van der Waals surface area contributed by atoms with Crippen LogP contribution in [0.25, 0.3) is 0 Å². The molecule has 0 bridgehead atoms. The van der Waals surface area contributed by atoms with Crippen LogP contribution >= 0.6 is 15.9 Å². The second-order valence-electron chi connectivity index (χ2n) is 3.88. The van der Waals surface area contributed by atoms with Gasteiger partial charge in [-0.1, -0.05) is 0 Å². The fourth-order valence-electron chi connectivity index (χ4n) is 1.51. The third-order valence-corrected chi connectivity index (χ3v) is 2.96. The number of hydrogen-bond acceptors (Lipinski definition) is 5. The summed E-state index contributed by atoms with van der Waals surface area (Å²) in [6, 6.07) is 3.37. The molecule has 9 heteroatoms. The summed E-state index contributed by atoms with van der Waals surface area (Å²) in [6.07, 6.45) is 1.42. The zero-order valence-electron chi connectivity index (χ0n) is 10.1. The molecular weight excluding hydrogens is 335 g/mol. The summed E-state index contributed by atoms with van der Waals surface area (Å²) in [6.45, 7) is 0. The van der Waals surface area contributed by atoms with E-state index in [2.05, 4.69) is 26.2 Å². The Hall–Kier alpha value is -2.29. The Morgan fingerprint density at radius 2 is 2.20 bits per heavy atom. The Labute approximate surface area is 120 Å². The third-order valence-electron chi connectivity index (χ3n) is 2.45. The number of nitrogens with one attached hydrogen (secondary N) is 1. The van der Waals surface area contributed by atoms with E-state index in [0.29, 0.717) is 5.82 Å². The summed E-state index contributed by atoms with van der Waals surface area (Å²) in [5.41, 5.74) is -0.671. The molecule has 0 aliphatic heterocycles. The predicted octanol–water partition coefficient (Wildman–Crippen LogP) is 2.33. The number of nitro benzene ring substituents is 1. The van der Waals surface area contributed by atoms with E-state index in [1.807, 2.05) is 0 Å². The molecule has 0 fully saturated rings. The lowest BCUT2D eigenvalue weighted by Crippen LogP contribution is -2.19. The molecule has 0 spiro atoms. The normalized spacial score (nSPS) is 10.3. The molecule has 0 unspecified atom stereocenters. The molecule has 0 aliphatic carbocycles. The van der Waals surface area contributed by atoms with Crippen LogP contribution in [0, 0.1) is 15.9 Å². The first-order chi connectivity index (χ1) is 9.38. The van der Waals surface area contributed by atoms with Gasteiger partial charge in [0.25, 0.3) is 5.56 Å². The first-order valence-electron chi connectivity index (χ1n) is 5.32. The lowest BCUT2D eigenvalue weighted by Gasteiger charge is -2.07. The Kier molecular flexibility index (Phi) is 3.79. The number of hydrogen-bond donors (Lipinski definition) is 1. The van der Waals surface area contributed by atoms with E-state index < -0.39 is 16.4 Å². The Balaban J connectivity index is 2.38. The quantitative estimate of drug-likeness (QED) is 0.682. The van der Waals surface area contributed by atoms with Crippen molar-refractivity contribution in [3.05, 3.63) is 55.3 Å². The first-order valence-corrected chi connectivity index (χ1v) is 6.12. The number of aromatic nitrogens is 2. The summed E-state index contributed by atoms with van der Waals surface area (Å²) >= 11 is 3.01. The molecule has 0 atom stereocenters. The molecule has 0 saturated carbocycles. The molecule has 7 nitrogen and oxygen atoms in total. The van der Waals surface area contributed by atoms with Crippen LogP contribution in [-0.4, -0.2) is 14.5 Å². The van der Waals surface area contributed by atoms with E-state index in [9.17, 15) is 19.3 Å². The minimum atomic E-state index is -0.921. The van der Waals surface area contributed by atoms with E-state index in [-0.39, 0.29) is 15.8 Å². The van der Waals surface area contributed by atoms with Crippen molar-refractivity contribution in [1.29, 1.82) is 0 Å². The largest absolute Gasteiger partial charge is 0.339 e. The van der Waals surface area contributed by atoms with Crippen molar-refractivity contribution >= 4 is 33.1 Å². The van der Waals surface area contributed by atoms with Crippen LogP contribution in [0.5, 0.6) is 0 Å². The molecule has 0 aliphatic rings. The van der Waals surface area contributed by atoms with Crippen LogP contribution in [-0.2, 0) is 7.05 Å². The topological polar surface area (TPSA) is 90.1 Å². The van der Waals surface area contributed by atoms with E-state index in [4.69, 9.17) is 0 Å². The molecule has 2 rings (SSSR count). The van der Waals surface area contributed by atoms with Crippen molar-refractivity contribution in [2.24, 2.45) is 7.05 Å². The van der Waals surface area contributed by atoms with Crippen molar-refractivity contribution in [2.75, 3.05) is 5.32 Å². The molecule has 1 aromatic heterocycles. The maximum absolute atomic E-state index is 13.2. The van der Waals surface area contributed by atoms with Crippen molar-refractivity contribution in [3.8, 4) is 0 Å². The fraction of sp³-hybridized carbons (Fsp3) is 0.0909. The maximum atomic E-state index is 13.2. The van der Waals surface area contributed by atoms with Gasteiger partial charge < -0.3 is 9.88 Å². The molecular formula is C11H8BrFN4O3. The fourth-order valence-corrected chi connectivity index (χ4v) is 1.98. The highest BCUT2D eigenvalue weighted by molar-refractivity contribution is 9.10. The van der Waals surface area contributed by atoms with Gasteiger partial charge >= 0.3 is 5.69 Å². The average Bonchev–Trinajstić information content (AvgIpc) is 2.38. The van der Waals surface area contributed by atoms with E-state index in [0.717, 1.165) is 12.1 Å². The highest BCUT2D eigenvalue weighted by Gasteiger charge is 2.14. The van der Waals surface area contributed by atoms with Crippen LogP contribution in [0.4, 0.5) is 21.6 Å². The number of nitrogens with zero attached hydrogens (tertiary/aromatic N) is 3. The Bertz CT molecular complexity index is 721. The average molecular weight is 343 g/mol. The van der Waals surface area contributed by atoms with E-state index >= 15 is 0 Å². The van der Waals surface area contributed by atoms with E-state index in [1.165, 1.54) is 23.9 Å². The van der Waals surface area contributed by atoms with Crippen LogP contribution in [0.15, 0.2) is 33.8 Å². The highest BCUT2D eigenvalue weighted by atomic mass is 79.9. The zero-order valence-corrected chi connectivity index (χ0v) is 11.7. The summed E-state index contributed by atoms with van der Waals surface area (Å²) in [5, 5.41) is 13.4. The molecule has 0 amide bonds. The number of nitro groups is 1. The van der Waals surface area contributed by atoms with Gasteiger partial charge in [-0.05, 0) is 28.1 Å². The minimum Gasteiger partial charge on any atom is -0.339 e. The standard InChI is InChI=1S/C11H8BrFN4O3/c1-16-5-9(15-10(12)11(16)18)14-6-2-3-7(13)8(4-6)17(19)20/h2-5,14H,1H3. The second kappa shape index (κ2) is 5.37. The van der Waals surface area contributed by atoms with Gasteiger partial charge in [0.2, 0.25) is 5.82 Å². The third kappa shape index (κ3) is 2.82. The van der Waals surface area contributed by atoms with Gasteiger partial charge in [0.1, 0.15) is 5.82 Å². The zero-order chi connectivity index (χ0) is 14.9. The van der Waals surface area contributed by atoms with Gasteiger partial charge in [0.15, 0.2) is 4.60 Å². The first kappa shape index (κ1) is 14.1. The van der Waals surface area contributed by atoms with Gasteiger partial charge in [-0.3, -0.25) is 14.9 Å². The van der Waals surface area contributed by atoms with Gasteiger partial charge in [-0.25, -0.2) is 4.98 Å². The Morgan fingerprint density at radius 1 is 1.50 bits per heavy atom. The maximum Gasteiger partial charge on any atom is 0.306 e. The minimum absolute atomic E-state index is 0.0987. The van der Waals surface area contributed by atoms with Gasteiger partial charge in [0.05, 0.1) is 4.92 Å².